The molecule has 8 heteroatoms. The molecule has 6 nitrogen and oxygen atoms in total. The summed E-state index contributed by atoms with van der Waals surface area (Å²) in [5.74, 6) is -1.10. The maximum absolute atomic E-state index is 12.1. The smallest absolute Gasteiger partial charge is 0.255 e. The third kappa shape index (κ3) is 4.08. The first kappa shape index (κ1) is 17.0. The lowest BCUT2D eigenvalue weighted by Gasteiger charge is -2.08. The van der Waals surface area contributed by atoms with Crippen LogP contribution in [-0.2, 0) is 9.84 Å². The molecule has 0 unspecified atom stereocenters. The van der Waals surface area contributed by atoms with Crippen LogP contribution in [0.25, 0.3) is 0 Å². The van der Waals surface area contributed by atoms with Crippen LogP contribution in [0.3, 0.4) is 0 Å². The summed E-state index contributed by atoms with van der Waals surface area (Å²) in [7, 11) is -3.32. The molecule has 2 aromatic carbocycles. The average molecular weight is 353 g/mol. The summed E-state index contributed by atoms with van der Waals surface area (Å²) in [5.41, 5.74) is 5.97. The predicted octanol–water partition coefficient (Wildman–Crippen LogP) is 2.09. The van der Waals surface area contributed by atoms with Gasteiger partial charge in [0, 0.05) is 17.5 Å². The number of amides is 2. The van der Waals surface area contributed by atoms with Crippen molar-refractivity contribution < 1.29 is 18.0 Å². The highest BCUT2D eigenvalue weighted by Crippen LogP contribution is 2.21. The lowest BCUT2D eigenvalue weighted by Crippen LogP contribution is -2.14. The normalized spacial score (nSPS) is 11.0. The van der Waals surface area contributed by atoms with Gasteiger partial charge in [-0.25, -0.2) is 8.42 Å². The fourth-order valence-corrected chi connectivity index (χ4v) is 2.75. The van der Waals surface area contributed by atoms with Crippen LogP contribution in [0.5, 0.6) is 0 Å². The standard InChI is InChI=1S/C15H13ClN2O4S/c1-23(21,22)11-5-2-9(3-6-11)15(20)18-10-4-7-12(14(17)19)13(16)8-10/h2-8H,1H3,(H2,17,19)(H,18,20). The van der Waals surface area contributed by atoms with Crippen LogP contribution in [0.4, 0.5) is 5.69 Å². The zero-order valence-electron chi connectivity index (χ0n) is 12.0. The SMILES string of the molecule is CS(=O)(=O)c1ccc(C(=O)Nc2ccc(C(N)=O)c(Cl)c2)cc1. The molecule has 0 saturated carbocycles. The second-order valence-corrected chi connectivity index (χ2v) is 7.23. The molecule has 0 aliphatic carbocycles. The molecule has 0 atom stereocenters. The van der Waals surface area contributed by atoms with Gasteiger partial charge in [0.15, 0.2) is 9.84 Å². The summed E-state index contributed by atoms with van der Waals surface area (Å²) in [6, 6.07) is 9.84. The largest absolute Gasteiger partial charge is 0.366 e. The van der Waals surface area contributed by atoms with E-state index in [9.17, 15) is 18.0 Å². The van der Waals surface area contributed by atoms with Gasteiger partial charge >= 0.3 is 0 Å². The highest BCUT2D eigenvalue weighted by atomic mass is 35.5. The highest BCUT2D eigenvalue weighted by Gasteiger charge is 2.12. The highest BCUT2D eigenvalue weighted by molar-refractivity contribution is 7.90. The van der Waals surface area contributed by atoms with Crippen LogP contribution in [0.2, 0.25) is 5.02 Å². The Morgan fingerprint density at radius 2 is 1.70 bits per heavy atom. The summed E-state index contributed by atoms with van der Waals surface area (Å²) < 4.78 is 22.8. The molecule has 2 rings (SSSR count). The van der Waals surface area contributed by atoms with Gasteiger partial charge in [-0.05, 0) is 42.5 Å². The summed E-state index contributed by atoms with van der Waals surface area (Å²) in [6.07, 6.45) is 1.09. The lowest BCUT2D eigenvalue weighted by atomic mass is 10.1. The van der Waals surface area contributed by atoms with Crippen molar-refractivity contribution in [2.75, 3.05) is 11.6 Å². The maximum atomic E-state index is 12.1. The molecule has 0 spiro atoms. The van der Waals surface area contributed by atoms with Crippen molar-refractivity contribution in [3.63, 3.8) is 0 Å². The number of carbonyl (C=O) groups excluding carboxylic acids is 2. The first-order valence-corrected chi connectivity index (χ1v) is 8.66. The molecule has 0 aliphatic rings. The molecule has 3 N–H and O–H groups in total. The van der Waals surface area contributed by atoms with Crippen LogP contribution >= 0.6 is 11.6 Å². The molecule has 0 bridgehead atoms. The molecule has 120 valence electrons. The molecule has 2 amide bonds. The molecule has 0 heterocycles. The van der Waals surface area contributed by atoms with Gasteiger partial charge in [-0.2, -0.15) is 0 Å². The van der Waals surface area contributed by atoms with E-state index in [1.165, 1.54) is 42.5 Å². The Balaban J connectivity index is 2.19. The Hall–Kier alpha value is -2.38. The number of primary amides is 1. The van der Waals surface area contributed by atoms with E-state index >= 15 is 0 Å². The second-order valence-electron chi connectivity index (χ2n) is 4.81. The third-order valence-electron chi connectivity index (χ3n) is 3.04. The van der Waals surface area contributed by atoms with E-state index < -0.39 is 21.7 Å². The van der Waals surface area contributed by atoms with Gasteiger partial charge < -0.3 is 11.1 Å². The molecule has 0 saturated heterocycles. The van der Waals surface area contributed by atoms with E-state index in [2.05, 4.69) is 5.32 Å². The first-order chi connectivity index (χ1) is 10.7. The van der Waals surface area contributed by atoms with E-state index in [4.69, 9.17) is 17.3 Å². The summed E-state index contributed by atoms with van der Waals surface area (Å²) in [5, 5.41) is 2.73. The van der Waals surface area contributed by atoms with Crippen LogP contribution in [0.15, 0.2) is 47.4 Å². The molecule has 2 aromatic rings. The Bertz CT molecular complexity index is 877. The second kappa shape index (κ2) is 6.39. The summed E-state index contributed by atoms with van der Waals surface area (Å²) >= 11 is 5.91. The van der Waals surface area contributed by atoms with Gasteiger partial charge in [0.25, 0.3) is 5.91 Å². The number of halogens is 1. The number of nitrogens with one attached hydrogen (secondary N) is 1. The number of nitrogens with two attached hydrogens (primary N) is 1. The monoisotopic (exact) mass is 352 g/mol. The first-order valence-electron chi connectivity index (χ1n) is 6.39. The minimum Gasteiger partial charge on any atom is -0.366 e. The minimum absolute atomic E-state index is 0.128. The molecular weight excluding hydrogens is 340 g/mol. The predicted molar refractivity (Wildman–Crippen MR) is 87.5 cm³/mol. The Kier molecular flexibility index (Phi) is 4.72. The van der Waals surface area contributed by atoms with E-state index in [-0.39, 0.29) is 21.0 Å². The van der Waals surface area contributed by atoms with Gasteiger partial charge in [0.1, 0.15) is 0 Å². The molecule has 0 fully saturated rings. The summed E-state index contributed by atoms with van der Waals surface area (Å²) in [4.78, 5) is 23.3. The molecule has 0 radical (unpaired) electrons. The minimum atomic E-state index is -3.32. The quantitative estimate of drug-likeness (QED) is 0.878. The zero-order valence-corrected chi connectivity index (χ0v) is 13.6. The van der Waals surface area contributed by atoms with E-state index in [1.807, 2.05) is 0 Å². The van der Waals surface area contributed by atoms with Gasteiger partial charge in [0.05, 0.1) is 15.5 Å². The Morgan fingerprint density at radius 3 is 2.17 bits per heavy atom. The Labute approximate surface area is 138 Å². The van der Waals surface area contributed by atoms with E-state index in [0.717, 1.165) is 6.26 Å². The zero-order chi connectivity index (χ0) is 17.2. The van der Waals surface area contributed by atoms with Crippen molar-refractivity contribution in [2.24, 2.45) is 5.73 Å². The summed E-state index contributed by atoms with van der Waals surface area (Å²) in [6.45, 7) is 0. The van der Waals surface area contributed by atoms with E-state index in [1.54, 1.807) is 0 Å². The number of hydrogen-bond donors (Lipinski definition) is 2. The van der Waals surface area contributed by atoms with Crippen LogP contribution in [0, 0.1) is 0 Å². The number of sulfone groups is 1. The maximum Gasteiger partial charge on any atom is 0.255 e. The number of benzene rings is 2. The Morgan fingerprint density at radius 1 is 1.09 bits per heavy atom. The van der Waals surface area contributed by atoms with Gasteiger partial charge in [0.2, 0.25) is 5.91 Å². The number of hydrogen-bond acceptors (Lipinski definition) is 4. The van der Waals surface area contributed by atoms with E-state index in [0.29, 0.717) is 5.69 Å². The van der Waals surface area contributed by atoms with Crippen LogP contribution in [-0.4, -0.2) is 26.5 Å². The lowest BCUT2D eigenvalue weighted by molar-refractivity contribution is 0.0998. The van der Waals surface area contributed by atoms with Crippen molar-refractivity contribution in [2.45, 2.75) is 4.90 Å². The number of rotatable bonds is 4. The van der Waals surface area contributed by atoms with Crippen molar-refractivity contribution in [1.29, 1.82) is 0 Å². The number of carbonyl (C=O) groups is 2. The molecule has 23 heavy (non-hydrogen) atoms. The molecular formula is C15H13ClN2O4S. The number of anilines is 1. The van der Waals surface area contributed by atoms with Crippen molar-refractivity contribution >= 4 is 38.9 Å². The average Bonchev–Trinajstić information content (AvgIpc) is 2.46. The van der Waals surface area contributed by atoms with Gasteiger partial charge in [-0.15, -0.1) is 0 Å². The van der Waals surface area contributed by atoms with Crippen LogP contribution in [0.1, 0.15) is 20.7 Å². The van der Waals surface area contributed by atoms with Gasteiger partial charge in [-0.3, -0.25) is 9.59 Å². The fourth-order valence-electron chi connectivity index (χ4n) is 1.85. The molecule has 0 aromatic heterocycles. The fraction of sp³-hybridized carbons (Fsp3) is 0.0667. The van der Waals surface area contributed by atoms with Crippen molar-refractivity contribution in [3.8, 4) is 0 Å². The van der Waals surface area contributed by atoms with Crippen molar-refractivity contribution in [1.82, 2.24) is 0 Å². The van der Waals surface area contributed by atoms with Gasteiger partial charge in [-0.1, -0.05) is 11.6 Å². The molecule has 0 aliphatic heterocycles. The third-order valence-corrected chi connectivity index (χ3v) is 4.48. The van der Waals surface area contributed by atoms with Crippen molar-refractivity contribution in [3.05, 3.63) is 58.6 Å². The topological polar surface area (TPSA) is 106 Å². The van der Waals surface area contributed by atoms with Crippen LogP contribution < -0.4 is 11.1 Å².